The van der Waals surface area contributed by atoms with Crippen LogP contribution in [0.25, 0.3) is 0 Å². The lowest BCUT2D eigenvalue weighted by atomic mass is 11.0. The van der Waals surface area contributed by atoms with Gasteiger partial charge in [-0.3, -0.25) is 0 Å². The van der Waals surface area contributed by atoms with Gasteiger partial charge in [0.05, 0.1) is 0 Å². The second kappa shape index (κ2) is 1.66. The molecule has 6 heavy (non-hydrogen) atoms. The van der Waals surface area contributed by atoms with Gasteiger partial charge in [-0.25, -0.2) is 0 Å². The minimum Gasteiger partial charge on any atom is -0.155 e. The fourth-order valence-electron chi connectivity index (χ4n) is 0.361. The Balaban J connectivity index is 3.05. The van der Waals surface area contributed by atoms with Gasteiger partial charge in [0.15, 0.2) is 0 Å². The number of aryl methyl sites for hydroxylation is 1. The van der Waals surface area contributed by atoms with Gasteiger partial charge in [-0.05, 0) is 16.8 Å². The van der Waals surface area contributed by atoms with Gasteiger partial charge in [-0.1, -0.05) is 5.68 Å². The van der Waals surface area contributed by atoms with E-state index < -0.39 is 0 Å². The Morgan fingerprint density at radius 1 is 1.83 bits per heavy atom. The van der Waals surface area contributed by atoms with Crippen molar-refractivity contribution in [2.24, 2.45) is 0 Å². The van der Waals surface area contributed by atoms with Gasteiger partial charge in [0.25, 0.3) is 0 Å². The van der Waals surface area contributed by atoms with Gasteiger partial charge in [0, 0.05) is 9.12 Å². The average molecular weight is 114 g/mol. The van der Waals surface area contributed by atoms with Crippen molar-refractivity contribution in [3.8, 4) is 0 Å². The van der Waals surface area contributed by atoms with E-state index in [1.807, 2.05) is 11.3 Å². The lowest BCUT2D eigenvalue weighted by Gasteiger charge is -1.65. The van der Waals surface area contributed by atoms with E-state index in [2.05, 4.69) is 18.0 Å². The molecule has 0 aromatic carbocycles. The smallest absolute Gasteiger partial charge is 0.0375 e. The second-order valence-electron chi connectivity index (χ2n) is 1.22. The molecule has 0 aliphatic heterocycles. The van der Waals surface area contributed by atoms with Crippen LogP contribution in [0.1, 0.15) is 4.49 Å². The third kappa shape index (κ3) is 0.757. The van der Waals surface area contributed by atoms with E-state index in [-0.39, 0.29) is 0 Å². The Labute approximate surface area is 43.6 Å². The van der Waals surface area contributed by atoms with Crippen LogP contribution in [0.5, 0.6) is 0 Å². The van der Waals surface area contributed by atoms with E-state index in [9.17, 15) is 0 Å². The summed E-state index contributed by atoms with van der Waals surface area (Å²) in [7, 11) is 0.574. The summed E-state index contributed by atoms with van der Waals surface area (Å²) in [5, 5.41) is 2.17. The highest BCUT2D eigenvalue weighted by Gasteiger charge is 1.75. The first kappa shape index (κ1) is 4.21. The van der Waals surface area contributed by atoms with E-state index in [0.717, 1.165) is 0 Å². The standard InChI is InChI=1S/C4H6SSi/c1-4-5-2-3-6-4/h2-3,6H,1H3. The van der Waals surface area contributed by atoms with Crippen molar-refractivity contribution in [1.29, 1.82) is 0 Å². The topological polar surface area (TPSA) is 0 Å². The second-order valence-corrected chi connectivity index (χ2v) is 4.38. The zero-order valence-corrected chi connectivity index (χ0v) is 5.61. The summed E-state index contributed by atoms with van der Waals surface area (Å²) in [5.74, 6) is 0. The fourth-order valence-corrected chi connectivity index (χ4v) is 2.26. The summed E-state index contributed by atoms with van der Waals surface area (Å²) in [5.41, 5.74) is 2.26. The molecule has 2 heteroatoms. The molecule has 0 aliphatic rings. The number of rotatable bonds is 0. The molecule has 1 aromatic rings. The lowest BCUT2D eigenvalue weighted by molar-refractivity contribution is 1.76. The molecule has 0 atom stereocenters. The molecule has 0 fully saturated rings. The fraction of sp³-hybridized carbons (Fsp3) is 0.250. The van der Waals surface area contributed by atoms with Crippen LogP contribution in [-0.2, 0) is 0 Å². The van der Waals surface area contributed by atoms with Crippen molar-refractivity contribution < 1.29 is 0 Å². The van der Waals surface area contributed by atoms with Crippen LogP contribution in [0.3, 0.4) is 0 Å². The van der Waals surface area contributed by atoms with E-state index in [1.54, 1.807) is 4.49 Å². The Hall–Kier alpha value is 0.0469. The van der Waals surface area contributed by atoms with Crippen LogP contribution < -0.4 is 0 Å². The van der Waals surface area contributed by atoms with E-state index in [1.165, 1.54) is 0 Å². The van der Waals surface area contributed by atoms with Crippen LogP contribution in [0.15, 0.2) is 11.1 Å². The van der Waals surface area contributed by atoms with Gasteiger partial charge in [0.1, 0.15) is 0 Å². The normalized spacial score (nSPS) is 8.83. The number of hydrogen-bond acceptors (Lipinski definition) is 1. The summed E-state index contributed by atoms with van der Waals surface area (Å²) >= 11 is 1.87. The predicted molar refractivity (Wildman–Crippen MR) is 31.8 cm³/mol. The summed E-state index contributed by atoms with van der Waals surface area (Å²) in [6, 6.07) is 0. The maximum atomic E-state index is 2.26. The van der Waals surface area contributed by atoms with Crippen molar-refractivity contribution in [3.05, 3.63) is 15.5 Å². The van der Waals surface area contributed by atoms with Crippen LogP contribution >= 0.6 is 11.3 Å². The van der Waals surface area contributed by atoms with E-state index >= 15 is 0 Å². The molecule has 1 heterocycles. The molecular formula is C4H6SSi. The van der Waals surface area contributed by atoms with Crippen molar-refractivity contribution in [3.63, 3.8) is 0 Å². The monoisotopic (exact) mass is 114 g/mol. The molecule has 0 spiro atoms. The van der Waals surface area contributed by atoms with Gasteiger partial charge < -0.3 is 0 Å². The minimum absolute atomic E-state index is 0.574. The first-order chi connectivity index (χ1) is 2.89. The molecule has 0 radical (unpaired) electrons. The summed E-state index contributed by atoms with van der Waals surface area (Å²) in [6.07, 6.45) is 0. The molecule has 0 amide bonds. The summed E-state index contributed by atoms with van der Waals surface area (Å²) in [6.45, 7) is 2.19. The molecule has 0 unspecified atom stereocenters. The van der Waals surface area contributed by atoms with Crippen LogP contribution in [0.4, 0.5) is 0 Å². The summed E-state index contributed by atoms with van der Waals surface area (Å²) in [4.78, 5) is 0. The Morgan fingerprint density at radius 2 is 2.67 bits per heavy atom. The van der Waals surface area contributed by atoms with Crippen LogP contribution in [0, 0.1) is 6.92 Å². The zero-order chi connectivity index (χ0) is 4.41. The highest BCUT2D eigenvalue weighted by atomic mass is 32.1. The largest absolute Gasteiger partial charge is 0.155 e. The lowest BCUT2D eigenvalue weighted by Crippen LogP contribution is -1.58. The maximum absolute atomic E-state index is 2.26. The van der Waals surface area contributed by atoms with E-state index in [4.69, 9.17) is 0 Å². The van der Waals surface area contributed by atoms with Crippen molar-refractivity contribution in [1.82, 2.24) is 0 Å². The van der Waals surface area contributed by atoms with Gasteiger partial charge in [-0.2, -0.15) is 11.3 Å². The minimum atomic E-state index is 0.574. The van der Waals surface area contributed by atoms with Crippen molar-refractivity contribution >= 4 is 20.5 Å². The van der Waals surface area contributed by atoms with Crippen molar-refractivity contribution in [2.45, 2.75) is 6.92 Å². The molecule has 0 N–H and O–H groups in total. The Bertz CT molecular complexity index is 111. The van der Waals surface area contributed by atoms with E-state index in [0.29, 0.717) is 9.12 Å². The highest BCUT2D eigenvalue weighted by molar-refractivity contribution is 7.13. The zero-order valence-electron chi connectivity index (χ0n) is 3.64. The predicted octanol–water partition coefficient (Wildman–Crippen LogP) is 1.13. The third-order valence-corrected chi connectivity index (χ3v) is 3.28. The molecule has 1 aromatic heterocycles. The summed E-state index contributed by atoms with van der Waals surface area (Å²) < 4.78 is 1.59. The van der Waals surface area contributed by atoms with Crippen molar-refractivity contribution in [2.75, 3.05) is 0 Å². The Morgan fingerprint density at radius 3 is 2.83 bits per heavy atom. The number of hydrogen-bond donors (Lipinski definition) is 0. The molecule has 0 aliphatic carbocycles. The molecule has 0 nitrogen and oxygen atoms in total. The third-order valence-electron chi connectivity index (χ3n) is 0.663. The molecule has 32 valence electrons. The quantitative estimate of drug-likeness (QED) is 0.443. The molecular weight excluding hydrogens is 108 g/mol. The molecule has 0 saturated heterocycles. The highest BCUT2D eigenvalue weighted by Crippen LogP contribution is 1.97. The van der Waals surface area contributed by atoms with Gasteiger partial charge in [0.2, 0.25) is 0 Å². The first-order valence-corrected chi connectivity index (χ1v) is 4.02. The maximum Gasteiger partial charge on any atom is 0.0375 e. The van der Waals surface area contributed by atoms with Crippen LogP contribution in [-0.4, -0.2) is 9.12 Å². The molecule has 1 rings (SSSR count). The Kier molecular flexibility index (Phi) is 1.17. The SMILES string of the molecule is Cc1[siH]ccs1. The molecule has 0 saturated carbocycles. The molecule has 0 bridgehead atoms. The first-order valence-electron chi connectivity index (χ1n) is 1.90. The average Bonchev–Trinajstić information content (AvgIpc) is 1.86. The van der Waals surface area contributed by atoms with Crippen LogP contribution in [0.2, 0.25) is 0 Å². The van der Waals surface area contributed by atoms with Gasteiger partial charge in [-0.15, -0.1) is 0 Å². The van der Waals surface area contributed by atoms with Gasteiger partial charge >= 0.3 is 0 Å².